The summed E-state index contributed by atoms with van der Waals surface area (Å²) in [4.78, 5) is 0. The normalized spacial score (nSPS) is 10.0. The summed E-state index contributed by atoms with van der Waals surface area (Å²) in [6.45, 7) is 2.10. The Morgan fingerprint density at radius 3 is 2.47 bits per heavy atom. The first-order valence-electron chi connectivity index (χ1n) is 5.05. The van der Waals surface area contributed by atoms with Crippen molar-refractivity contribution < 1.29 is 4.57 Å². The molecule has 0 amide bonds. The minimum atomic E-state index is 1.09. The van der Waals surface area contributed by atoms with Crippen molar-refractivity contribution in [1.82, 2.24) is 0 Å². The number of aryl methyl sites for hydroxylation is 2. The molecule has 0 unspecified atom stereocenters. The summed E-state index contributed by atoms with van der Waals surface area (Å²) < 4.78 is 2.06. The van der Waals surface area contributed by atoms with Gasteiger partial charge in [0.25, 0.3) is 5.82 Å². The lowest BCUT2D eigenvalue weighted by Crippen LogP contribution is -2.30. The van der Waals surface area contributed by atoms with Gasteiger partial charge in [-0.1, -0.05) is 24.3 Å². The Hall–Kier alpha value is -1.83. The summed E-state index contributed by atoms with van der Waals surface area (Å²) in [5.74, 6) is 1.09. The van der Waals surface area contributed by atoms with Crippen molar-refractivity contribution in [2.24, 2.45) is 7.05 Å². The van der Waals surface area contributed by atoms with Gasteiger partial charge in [0.15, 0.2) is 0 Å². The van der Waals surface area contributed by atoms with E-state index in [2.05, 4.69) is 35.0 Å². The first-order chi connectivity index (χ1) is 7.27. The Morgan fingerprint density at radius 1 is 1.00 bits per heavy atom. The lowest BCUT2D eigenvalue weighted by Gasteiger charge is -2.04. The van der Waals surface area contributed by atoms with E-state index in [0.717, 1.165) is 11.5 Å². The SMILES string of the molecule is Cc1ccccc1Nc1cccc[n+]1C. The van der Waals surface area contributed by atoms with E-state index in [-0.39, 0.29) is 0 Å². The summed E-state index contributed by atoms with van der Waals surface area (Å²) in [6, 6.07) is 14.4. The van der Waals surface area contributed by atoms with Crippen molar-refractivity contribution in [2.75, 3.05) is 5.32 Å². The topological polar surface area (TPSA) is 15.9 Å². The average Bonchev–Trinajstić information content (AvgIpc) is 2.24. The molecule has 76 valence electrons. The molecule has 0 spiro atoms. The Morgan fingerprint density at radius 2 is 1.73 bits per heavy atom. The highest BCUT2D eigenvalue weighted by Gasteiger charge is 2.06. The zero-order chi connectivity index (χ0) is 10.7. The van der Waals surface area contributed by atoms with Crippen molar-refractivity contribution in [1.29, 1.82) is 0 Å². The molecule has 1 aromatic heterocycles. The van der Waals surface area contributed by atoms with Gasteiger partial charge < -0.3 is 0 Å². The number of para-hydroxylation sites is 1. The van der Waals surface area contributed by atoms with Gasteiger partial charge in [-0.25, -0.2) is 9.88 Å². The van der Waals surface area contributed by atoms with E-state index in [4.69, 9.17) is 0 Å². The van der Waals surface area contributed by atoms with E-state index in [1.165, 1.54) is 5.56 Å². The van der Waals surface area contributed by atoms with Crippen molar-refractivity contribution in [3.8, 4) is 0 Å². The summed E-state index contributed by atoms with van der Waals surface area (Å²) >= 11 is 0. The third kappa shape index (κ3) is 2.15. The molecule has 1 heterocycles. The third-order valence-corrected chi connectivity index (χ3v) is 2.46. The van der Waals surface area contributed by atoms with Crippen LogP contribution < -0.4 is 9.88 Å². The van der Waals surface area contributed by atoms with Gasteiger partial charge >= 0.3 is 0 Å². The van der Waals surface area contributed by atoms with Gasteiger partial charge in [-0.3, -0.25) is 0 Å². The van der Waals surface area contributed by atoms with Crippen LogP contribution in [0.3, 0.4) is 0 Å². The van der Waals surface area contributed by atoms with Crippen molar-refractivity contribution in [2.45, 2.75) is 6.92 Å². The molecule has 0 fully saturated rings. The standard InChI is InChI=1S/C13H14N2/c1-11-7-3-4-8-12(11)14-13-9-5-6-10-15(13)2/h3-10H,1-2H3/p+1. The van der Waals surface area contributed by atoms with E-state index < -0.39 is 0 Å². The summed E-state index contributed by atoms with van der Waals surface area (Å²) in [6.07, 6.45) is 2.03. The molecular weight excluding hydrogens is 184 g/mol. The maximum Gasteiger partial charge on any atom is 0.279 e. The Balaban J connectivity index is 2.30. The van der Waals surface area contributed by atoms with Gasteiger partial charge in [0.2, 0.25) is 0 Å². The molecule has 0 aliphatic rings. The molecule has 2 nitrogen and oxygen atoms in total. The van der Waals surface area contributed by atoms with Crippen LogP contribution in [0.1, 0.15) is 5.56 Å². The summed E-state index contributed by atoms with van der Waals surface area (Å²) in [5, 5.41) is 3.40. The van der Waals surface area contributed by atoms with E-state index in [1.54, 1.807) is 0 Å². The van der Waals surface area contributed by atoms with Crippen LogP contribution in [0.15, 0.2) is 48.7 Å². The summed E-state index contributed by atoms with van der Waals surface area (Å²) in [5.41, 5.74) is 2.40. The molecule has 2 aromatic rings. The fourth-order valence-corrected chi connectivity index (χ4v) is 1.50. The minimum absolute atomic E-state index is 1.09. The maximum atomic E-state index is 3.40. The monoisotopic (exact) mass is 199 g/mol. The number of aromatic nitrogens is 1. The largest absolute Gasteiger partial charge is 0.279 e. The highest BCUT2D eigenvalue weighted by molar-refractivity contribution is 5.58. The molecule has 0 atom stereocenters. The van der Waals surface area contributed by atoms with Crippen LogP contribution >= 0.6 is 0 Å². The van der Waals surface area contributed by atoms with Crippen LogP contribution in [0.5, 0.6) is 0 Å². The molecule has 1 N–H and O–H groups in total. The number of hydrogen-bond donors (Lipinski definition) is 1. The van der Waals surface area contributed by atoms with Crippen LogP contribution in [0, 0.1) is 6.92 Å². The summed E-state index contributed by atoms with van der Waals surface area (Å²) in [7, 11) is 2.03. The second-order valence-electron chi connectivity index (χ2n) is 3.64. The average molecular weight is 199 g/mol. The predicted molar refractivity (Wildman–Crippen MR) is 62.1 cm³/mol. The Kier molecular flexibility index (Phi) is 2.68. The zero-order valence-corrected chi connectivity index (χ0v) is 9.07. The van der Waals surface area contributed by atoms with E-state index >= 15 is 0 Å². The molecule has 0 aliphatic heterocycles. The molecule has 15 heavy (non-hydrogen) atoms. The van der Waals surface area contributed by atoms with Crippen LogP contribution in [0.25, 0.3) is 0 Å². The number of benzene rings is 1. The molecule has 0 radical (unpaired) electrons. The molecule has 1 aromatic carbocycles. The molecule has 2 heteroatoms. The smallest absolute Gasteiger partial charge is 0.241 e. The second-order valence-corrected chi connectivity index (χ2v) is 3.64. The van der Waals surface area contributed by atoms with E-state index in [0.29, 0.717) is 0 Å². The molecule has 0 aliphatic carbocycles. The number of nitrogens with zero attached hydrogens (tertiary/aromatic N) is 1. The molecule has 0 bridgehead atoms. The number of hydrogen-bond acceptors (Lipinski definition) is 1. The van der Waals surface area contributed by atoms with Gasteiger partial charge in [0, 0.05) is 6.07 Å². The molecule has 0 saturated carbocycles. The zero-order valence-electron chi connectivity index (χ0n) is 9.07. The fraction of sp³-hybridized carbons (Fsp3) is 0.154. The third-order valence-electron chi connectivity index (χ3n) is 2.46. The maximum absolute atomic E-state index is 3.40. The Labute approximate surface area is 90.2 Å². The quantitative estimate of drug-likeness (QED) is 0.735. The van der Waals surface area contributed by atoms with Gasteiger partial charge in [-0.05, 0) is 24.6 Å². The van der Waals surface area contributed by atoms with Gasteiger partial charge in [-0.2, -0.15) is 0 Å². The van der Waals surface area contributed by atoms with Crippen LogP contribution in [-0.2, 0) is 7.05 Å². The van der Waals surface area contributed by atoms with E-state index in [9.17, 15) is 0 Å². The van der Waals surface area contributed by atoms with Crippen molar-refractivity contribution >= 4 is 11.5 Å². The van der Waals surface area contributed by atoms with E-state index in [1.807, 2.05) is 37.5 Å². The highest BCUT2D eigenvalue weighted by Crippen LogP contribution is 2.16. The number of rotatable bonds is 2. The number of nitrogens with one attached hydrogen (secondary N) is 1. The minimum Gasteiger partial charge on any atom is -0.241 e. The fourth-order valence-electron chi connectivity index (χ4n) is 1.50. The molecule has 2 rings (SSSR count). The second kappa shape index (κ2) is 4.13. The van der Waals surface area contributed by atoms with Crippen LogP contribution in [0.2, 0.25) is 0 Å². The lowest BCUT2D eigenvalue weighted by molar-refractivity contribution is -0.657. The number of anilines is 2. The van der Waals surface area contributed by atoms with Gasteiger partial charge in [0.05, 0.1) is 13.2 Å². The first kappa shape index (κ1) is 9.71. The Bertz CT molecular complexity index is 420. The van der Waals surface area contributed by atoms with Crippen molar-refractivity contribution in [3.63, 3.8) is 0 Å². The van der Waals surface area contributed by atoms with Crippen LogP contribution in [0.4, 0.5) is 11.5 Å². The van der Waals surface area contributed by atoms with Gasteiger partial charge in [0.1, 0.15) is 5.69 Å². The number of pyridine rings is 1. The lowest BCUT2D eigenvalue weighted by atomic mass is 10.2. The molecule has 0 saturated heterocycles. The highest BCUT2D eigenvalue weighted by atomic mass is 15.1. The predicted octanol–water partition coefficient (Wildman–Crippen LogP) is 2.56. The van der Waals surface area contributed by atoms with Gasteiger partial charge in [-0.15, -0.1) is 0 Å². The van der Waals surface area contributed by atoms with Crippen LogP contribution in [-0.4, -0.2) is 0 Å². The first-order valence-corrected chi connectivity index (χ1v) is 5.05. The van der Waals surface area contributed by atoms with Crippen molar-refractivity contribution in [3.05, 3.63) is 54.2 Å². The molecular formula is C13H15N2+.